The summed E-state index contributed by atoms with van der Waals surface area (Å²) in [5.41, 5.74) is 2.58. The molecule has 46 heavy (non-hydrogen) atoms. The topological polar surface area (TPSA) is 79.3 Å². The second-order valence-corrected chi connectivity index (χ2v) is 12.7. The molecule has 0 spiro atoms. The van der Waals surface area contributed by atoms with Gasteiger partial charge in [-0.2, -0.15) is 0 Å². The summed E-state index contributed by atoms with van der Waals surface area (Å²) in [6, 6.07) is 8.72. The normalized spacial score (nSPS) is 17.1. The Morgan fingerprint density at radius 3 is 2.28 bits per heavy atom. The highest BCUT2D eigenvalue weighted by Gasteiger charge is 2.34. The average molecular weight is 659 g/mol. The molecule has 0 aromatic heterocycles. The van der Waals surface area contributed by atoms with Crippen molar-refractivity contribution in [1.82, 2.24) is 9.80 Å². The number of hydrogen-bond donors (Lipinski definition) is 1. The maximum atomic E-state index is 13.6. The Hall–Kier alpha value is -2.71. The van der Waals surface area contributed by atoms with Gasteiger partial charge < -0.3 is 19.5 Å². The zero-order valence-corrected chi connectivity index (χ0v) is 30.6. The van der Waals surface area contributed by atoms with Gasteiger partial charge >= 0.3 is 5.30 Å². The van der Waals surface area contributed by atoms with Gasteiger partial charge in [-0.3, -0.25) is 9.69 Å². The molecular weight excluding hydrogens is 596 g/mol. The van der Waals surface area contributed by atoms with Crippen LogP contribution in [0.3, 0.4) is 0 Å². The summed E-state index contributed by atoms with van der Waals surface area (Å²) in [6.45, 7) is 14.7. The van der Waals surface area contributed by atoms with Crippen LogP contribution in [0.1, 0.15) is 98.0 Å². The van der Waals surface area contributed by atoms with Crippen LogP contribution in [0.4, 0.5) is 4.79 Å². The average Bonchev–Trinajstić information content (AvgIpc) is 3.45. The number of ether oxygens (including phenoxy) is 2. The molecule has 1 aliphatic heterocycles. The van der Waals surface area contributed by atoms with E-state index in [4.69, 9.17) is 14.6 Å². The van der Waals surface area contributed by atoms with Crippen LogP contribution in [0.5, 0.6) is 5.75 Å². The van der Waals surface area contributed by atoms with Gasteiger partial charge in [0.25, 0.3) is 0 Å². The molecule has 1 heterocycles. The molecule has 0 radical (unpaired) electrons. The van der Waals surface area contributed by atoms with E-state index in [1.54, 1.807) is 7.11 Å². The SMILES string of the molecule is C/C=C/C(=C\C=C(/C)OCCCC)[C@@H]1CC(CCCc2ccccc2OC)N(CC(=O)N(CCCC)CCCC)C1.CSC(=O)O. The molecule has 0 saturated carbocycles. The molecular formula is C38H62N2O5S. The van der Waals surface area contributed by atoms with E-state index in [2.05, 4.69) is 73.9 Å². The van der Waals surface area contributed by atoms with E-state index in [0.29, 0.717) is 24.4 Å². The van der Waals surface area contributed by atoms with Crippen LogP contribution < -0.4 is 4.74 Å². The Labute approximate surface area is 284 Å². The minimum Gasteiger partial charge on any atom is -0.498 e. The molecule has 1 aliphatic rings. The van der Waals surface area contributed by atoms with Gasteiger partial charge in [-0.15, -0.1) is 0 Å². The molecule has 0 bridgehead atoms. The van der Waals surface area contributed by atoms with E-state index in [0.717, 1.165) is 114 Å². The molecule has 1 fully saturated rings. The summed E-state index contributed by atoms with van der Waals surface area (Å²) in [4.78, 5) is 27.5. The van der Waals surface area contributed by atoms with E-state index in [9.17, 15) is 9.59 Å². The quantitative estimate of drug-likeness (QED) is 0.0850. The third-order valence-corrected chi connectivity index (χ3v) is 8.65. The number of methoxy groups -OCH3 is 1. The minimum absolute atomic E-state index is 0.291. The Morgan fingerprint density at radius 2 is 1.70 bits per heavy atom. The molecule has 1 saturated heterocycles. The lowest BCUT2D eigenvalue weighted by molar-refractivity contribution is -0.132. The number of allylic oxidation sites excluding steroid dienone is 5. The Bertz CT molecular complexity index is 1080. The zero-order chi connectivity index (χ0) is 34.2. The predicted molar refractivity (Wildman–Crippen MR) is 195 cm³/mol. The van der Waals surface area contributed by atoms with Crippen molar-refractivity contribution < 1.29 is 24.2 Å². The van der Waals surface area contributed by atoms with Gasteiger partial charge in [0.05, 0.1) is 26.0 Å². The van der Waals surface area contributed by atoms with Crippen LogP contribution in [0, 0.1) is 5.92 Å². The number of amides is 1. The van der Waals surface area contributed by atoms with Crippen molar-refractivity contribution in [1.29, 1.82) is 0 Å². The van der Waals surface area contributed by atoms with Gasteiger partial charge in [0, 0.05) is 25.7 Å². The predicted octanol–water partition coefficient (Wildman–Crippen LogP) is 9.39. The first-order chi connectivity index (χ1) is 22.2. The van der Waals surface area contributed by atoms with Gasteiger partial charge in [0.1, 0.15) is 5.75 Å². The fourth-order valence-electron chi connectivity index (χ4n) is 5.65. The zero-order valence-electron chi connectivity index (χ0n) is 29.8. The molecule has 1 aromatic carbocycles. The highest BCUT2D eigenvalue weighted by atomic mass is 32.2. The summed E-state index contributed by atoms with van der Waals surface area (Å²) >= 11 is 0.796. The van der Waals surface area contributed by atoms with Crippen molar-refractivity contribution in [3.8, 4) is 5.75 Å². The van der Waals surface area contributed by atoms with Crippen LogP contribution in [0.25, 0.3) is 0 Å². The number of carbonyl (C=O) groups is 2. The van der Waals surface area contributed by atoms with E-state index in [-0.39, 0.29) is 0 Å². The first kappa shape index (κ1) is 41.3. The number of likely N-dealkylation sites (tertiary alicyclic amines) is 1. The van der Waals surface area contributed by atoms with Crippen LogP contribution in [-0.4, -0.2) is 78.3 Å². The maximum absolute atomic E-state index is 13.6. The largest absolute Gasteiger partial charge is 0.498 e. The van der Waals surface area contributed by atoms with Crippen molar-refractivity contribution in [2.24, 2.45) is 5.92 Å². The van der Waals surface area contributed by atoms with Gasteiger partial charge in [0.15, 0.2) is 0 Å². The first-order valence-corrected chi connectivity index (χ1v) is 18.5. The number of carboxylic acid groups (broad SMARTS) is 1. The van der Waals surface area contributed by atoms with Crippen LogP contribution in [0.2, 0.25) is 0 Å². The number of hydrogen-bond acceptors (Lipinski definition) is 6. The van der Waals surface area contributed by atoms with Crippen molar-refractivity contribution in [2.45, 2.75) is 105 Å². The first-order valence-electron chi connectivity index (χ1n) is 17.3. The molecule has 7 nitrogen and oxygen atoms in total. The van der Waals surface area contributed by atoms with Crippen molar-refractivity contribution in [2.75, 3.05) is 46.2 Å². The molecule has 2 atom stereocenters. The number of thioether (sulfide) groups is 1. The number of aryl methyl sites for hydroxylation is 1. The minimum atomic E-state index is -0.829. The monoisotopic (exact) mass is 658 g/mol. The van der Waals surface area contributed by atoms with Gasteiger partial charge in [-0.25, -0.2) is 4.79 Å². The molecule has 1 unspecified atom stereocenters. The second kappa shape index (κ2) is 25.4. The number of unbranched alkanes of at least 4 members (excludes halogenated alkanes) is 3. The van der Waals surface area contributed by atoms with E-state index in [1.165, 1.54) is 17.4 Å². The standard InChI is InChI=1S/C36H58N2O3.C2H4O2S/c1-7-11-24-37(25-12-8-2)36(39)29-38-28-33(31(17-10-4)23-22-30(5)41-26-13-9-3)27-34(38)20-16-19-32-18-14-15-21-35(32)40-6;1-5-2(3)4/h10,14-15,17-18,21-23,33-34H,7-9,11-13,16,19-20,24-29H2,1-6H3;1H3,(H,3,4)/b17-10+,30-22+,31-23+;/t33-,34?;/m1./s1. The van der Waals surface area contributed by atoms with Crippen LogP contribution in [0.15, 0.2) is 59.9 Å². The van der Waals surface area contributed by atoms with Crippen molar-refractivity contribution in [3.05, 3.63) is 65.5 Å². The van der Waals surface area contributed by atoms with Gasteiger partial charge in [-0.1, -0.05) is 76.5 Å². The van der Waals surface area contributed by atoms with Crippen LogP contribution in [-0.2, 0) is 16.0 Å². The fraction of sp³-hybridized carbons (Fsp3) is 0.632. The molecule has 1 N–H and O–H groups in total. The summed E-state index contributed by atoms with van der Waals surface area (Å²) in [7, 11) is 1.75. The lowest BCUT2D eigenvalue weighted by atomic mass is 9.93. The molecule has 0 aliphatic carbocycles. The number of benzene rings is 1. The third kappa shape index (κ3) is 16.7. The highest BCUT2D eigenvalue weighted by Crippen LogP contribution is 2.33. The number of rotatable bonds is 20. The molecule has 260 valence electrons. The summed E-state index contributed by atoms with van der Waals surface area (Å²) in [5.74, 6) is 2.61. The Morgan fingerprint density at radius 1 is 1.04 bits per heavy atom. The Kier molecular flexibility index (Phi) is 22.8. The maximum Gasteiger partial charge on any atom is 0.364 e. The van der Waals surface area contributed by atoms with Gasteiger partial charge in [-0.05, 0) is 106 Å². The number of nitrogens with zero attached hydrogens (tertiary/aromatic N) is 2. The highest BCUT2D eigenvalue weighted by molar-refractivity contribution is 8.12. The van der Waals surface area contributed by atoms with E-state index in [1.807, 2.05) is 19.1 Å². The summed E-state index contributed by atoms with van der Waals surface area (Å²) < 4.78 is 11.5. The van der Waals surface area contributed by atoms with E-state index >= 15 is 0 Å². The Balaban J connectivity index is 0.00000195. The summed E-state index contributed by atoms with van der Waals surface area (Å²) in [5, 5.41) is 6.86. The lowest BCUT2D eigenvalue weighted by Gasteiger charge is -2.28. The smallest absolute Gasteiger partial charge is 0.364 e. The summed E-state index contributed by atoms with van der Waals surface area (Å²) in [6.07, 6.45) is 21.0. The number of para-hydroxylation sites is 1. The fourth-order valence-corrected chi connectivity index (χ4v) is 5.65. The molecule has 2 rings (SSSR count). The molecule has 8 heteroatoms. The second-order valence-electron chi connectivity index (χ2n) is 11.9. The van der Waals surface area contributed by atoms with Gasteiger partial charge in [0.2, 0.25) is 5.91 Å². The molecule has 1 aromatic rings. The van der Waals surface area contributed by atoms with Crippen LogP contribution >= 0.6 is 11.8 Å². The van der Waals surface area contributed by atoms with E-state index < -0.39 is 5.30 Å². The lowest BCUT2D eigenvalue weighted by Crippen LogP contribution is -2.43. The molecule has 1 amide bonds. The van der Waals surface area contributed by atoms with Crippen molar-refractivity contribution >= 4 is 23.0 Å². The third-order valence-electron chi connectivity index (χ3n) is 8.30. The number of carbonyl (C=O) groups excluding carboxylic acids is 1. The van der Waals surface area contributed by atoms with Crippen molar-refractivity contribution in [3.63, 3.8) is 0 Å².